The zero-order valence-electron chi connectivity index (χ0n) is 13.8. The van der Waals surface area contributed by atoms with Gasteiger partial charge in [-0.3, -0.25) is 5.32 Å². The van der Waals surface area contributed by atoms with Gasteiger partial charge in [-0.25, -0.2) is 19.2 Å². The first-order valence-corrected chi connectivity index (χ1v) is 8.87. The van der Waals surface area contributed by atoms with E-state index in [9.17, 15) is 13.6 Å². The maximum atomic E-state index is 14.0. The van der Waals surface area contributed by atoms with E-state index >= 15 is 0 Å². The highest BCUT2D eigenvalue weighted by Crippen LogP contribution is 2.34. The molecule has 0 radical (unpaired) electrons. The normalized spacial score (nSPS) is 19.0. The number of rotatable bonds is 3. The highest BCUT2D eigenvalue weighted by atomic mass is 35.5. The fourth-order valence-electron chi connectivity index (χ4n) is 3.22. The number of amides is 2. The summed E-state index contributed by atoms with van der Waals surface area (Å²) in [6.07, 6.45) is 3.23. The predicted molar refractivity (Wildman–Crippen MR) is 95.7 cm³/mol. The molecular formula is C17H16Cl2F2N4O. The largest absolute Gasteiger partial charge is 0.335 e. The molecule has 138 valence electrons. The Morgan fingerprint density at radius 2 is 2.15 bits per heavy atom. The molecule has 1 aliphatic carbocycles. The topological polar surface area (TPSA) is 66.9 Å². The zero-order chi connectivity index (χ0) is 18.8. The lowest BCUT2D eigenvalue weighted by Gasteiger charge is -2.31. The number of pyridine rings is 2. The summed E-state index contributed by atoms with van der Waals surface area (Å²) in [6.45, 7) is 2.00. The first-order valence-electron chi connectivity index (χ1n) is 8.11. The van der Waals surface area contributed by atoms with E-state index in [1.165, 1.54) is 6.20 Å². The number of aromatic nitrogens is 2. The molecule has 2 aromatic heterocycles. The third-order valence-corrected chi connectivity index (χ3v) is 5.12. The van der Waals surface area contributed by atoms with E-state index in [4.69, 9.17) is 23.2 Å². The molecule has 0 aromatic carbocycles. The Kier molecular flexibility index (Phi) is 5.58. The summed E-state index contributed by atoms with van der Waals surface area (Å²) in [7, 11) is 0. The maximum Gasteiger partial charge on any atom is 0.320 e. The Labute approximate surface area is 159 Å². The average Bonchev–Trinajstić information content (AvgIpc) is 2.59. The van der Waals surface area contributed by atoms with Gasteiger partial charge >= 0.3 is 6.03 Å². The van der Waals surface area contributed by atoms with Gasteiger partial charge in [0.2, 0.25) is 5.95 Å². The van der Waals surface area contributed by atoms with Crippen molar-refractivity contribution in [1.29, 1.82) is 0 Å². The highest BCUT2D eigenvalue weighted by Gasteiger charge is 2.29. The van der Waals surface area contributed by atoms with Crippen LogP contribution >= 0.6 is 23.2 Å². The molecular weight excluding hydrogens is 385 g/mol. The van der Waals surface area contributed by atoms with Crippen LogP contribution in [0.25, 0.3) is 0 Å². The van der Waals surface area contributed by atoms with Crippen LogP contribution in [0.4, 0.5) is 19.4 Å². The quantitative estimate of drug-likeness (QED) is 0.734. The van der Waals surface area contributed by atoms with E-state index in [-0.39, 0.29) is 28.0 Å². The van der Waals surface area contributed by atoms with E-state index in [1.807, 2.05) is 13.0 Å². The second-order valence-electron chi connectivity index (χ2n) is 6.10. The molecule has 0 saturated heterocycles. The van der Waals surface area contributed by atoms with E-state index in [1.54, 1.807) is 0 Å². The molecule has 2 amide bonds. The molecule has 0 aliphatic heterocycles. The fourth-order valence-corrected chi connectivity index (χ4v) is 3.50. The van der Waals surface area contributed by atoms with Crippen molar-refractivity contribution in [3.8, 4) is 0 Å². The molecule has 2 atom stereocenters. The summed E-state index contributed by atoms with van der Waals surface area (Å²) >= 11 is 11.4. The number of hydrogen-bond acceptors (Lipinski definition) is 3. The standard InChI is InChI=1S/C17H16Cl2F2N4O/c1-2-8-5-9(6-11-10(8)3-4-22-15(11)21)23-17(26)25-16-13(20)7-12(18)14(19)24-16/h3-4,7-9H,2,5-6H2,1H3,(H2,23,24,25,26). The van der Waals surface area contributed by atoms with Gasteiger partial charge in [0.1, 0.15) is 5.15 Å². The molecule has 3 rings (SSSR count). The Hall–Kier alpha value is -1.99. The summed E-state index contributed by atoms with van der Waals surface area (Å²) in [5.74, 6) is -1.54. The smallest absolute Gasteiger partial charge is 0.320 e. The van der Waals surface area contributed by atoms with Gasteiger partial charge in [-0.15, -0.1) is 0 Å². The van der Waals surface area contributed by atoms with Crippen LogP contribution in [0.2, 0.25) is 10.2 Å². The molecule has 2 heterocycles. The Balaban J connectivity index is 1.72. The van der Waals surface area contributed by atoms with E-state index in [2.05, 4.69) is 20.6 Å². The summed E-state index contributed by atoms with van der Waals surface area (Å²) in [5, 5.41) is 4.88. The summed E-state index contributed by atoms with van der Waals surface area (Å²) in [5.41, 5.74) is 1.44. The van der Waals surface area contributed by atoms with Crippen LogP contribution < -0.4 is 10.6 Å². The van der Waals surface area contributed by atoms with Gasteiger partial charge in [0, 0.05) is 17.8 Å². The van der Waals surface area contributed by atoms with Crippen molar-refractivity contribution >= 4 is 35.1 Å². The second kappa shape index (κ2) is 7.72. The van der Waals surface area contributed by atoms with E-state index in [0.717, 1.165) is 18.1 Å². The van der Waals surface area contributed by atoms with Crippen LogP contribution in [-0.4, -0.2) is 22.0 Å². The van der Waals surface area contributed by atoms with Crippen molar-refractivity contribution in [2.24, 2.45) is 0 Å². The Morgan fingerprint density at radius 1 is 1.38 bits per heavy atom. The Morgan fingerprint density at radius 3 is 2.88 bits per heavy atom. The number of fused-ring (bicyclic) bond motifs is 1. The fraction of sp³-hybridized carbons (Fsp3) is 0.353. The monoisotopic (exact) mass is 400 g/mol. The third kappa shape index (κ3) is 3.88. The molecule has 2 aromatic rings. The number of nitrogens with one attached hydrogen (secondary N) is 2. The predicted octanol–water partition coefficient (Wildman–Crippen LogP) is 4.69. The number of halogens is 4. The lowest BCUT2D eigenvalue weighted by Crippen LogP contribution is -2.42. The van der Waals surface area contributed by atoms with Gasteiger partial charge in [-0.2, -0.15) is 4.39 Å². The molecule has 26 heavy (non-hydrogen) atoms. The minimum Gasteiger partial charge on any atom is -0.335 e. The van der Waals surface area contributed by atoms with E-state index in [0.29, 0.717) is 18.4 Å². The second-order valence-corrected chi connectivity index (χ2v) is 6.87. The maximum absolute atomic E-state index is 14.0. The molecule has 2 unspecified atom stereocenters. The number of anilines is 1. The number of hydrogen-bond donors (Lipinski definition) is 2. The van der Waals surface area contributed by atoms with Crippen LogP contribution in [0.5, 0.6) is 0 Å². The first-order chi connectivity index (χ1) is 12.4. The van der Waals surface area contributed by atoms with Crippen molar-refractivity contribution < 1.29 is 13.6 Å². The summed E-state index contributed by atoms with van der Waals surface area (Å²) in [4.78, 5) is 19.6. The molecule has 9 heteroatoms. The average molecular weight is 401 g/mol. The molecule has 5 nitrogen and oxygen atoms in total. The SMILES string of the molecule is CCC1CC(NC(=O)Nc2nc(Cl)c(Cl)cc2F)Cc2c1ccnc2F. The minimum absolute atomic E-state index is 0.0484. The lowest BCUT2D eigenvalue weighted by molar-refractivity contribution is 0.245. The summed E-state index contributed by atoms with van der Waals surface area (Å²) in [6, 6.07) is 1.83. The number of urea groups is 1. The molecule has 1 aliphatic rings. The van der Waals surface area contributed by atoms with Crippen molar-refractivity contribution in [3.63, 3.8) is 0 Å². The minimum atomic E-state index is -0.801. The summed E-state index contributed by atoms with van der Waals surface area (Å²) < 4.78 is 27.9. The van der Waals surface area contributed by atoms with Crippen LogP contribution in [0.3, 0.4) is 0 Å². The number of carbonyl (C=O) groups is 1. The van der Waals surface area contributed by atoms with Crippen LogP contribution in [0, 0.1) is 11.8 Å². The van der Waals surface area contributed by atoms with Gasteiger partial charge in [-0.05, 0) is 42.9 Å². The number of carbonyl (C=O) groups excluding carboxylic acids is 1. The first kappa shape index (κ1) is 18.8. The van der Waals surface area contributed by atoms with Crippen molar-refractivity contribution in [2.75, 3.05) is 5.32 Å². The van der Waals surface area contributed by atoms with Crippen molar-refractivity contribution in [3.05, 3.63) is 51.4 Å². The van der Waals surface area contributed by atoms with Crippen LogP contribution in [0.1, 0.15) is 36.8 Å². The van der Waals surface area contributed by atoms with Crippen molar-refractivity contribution in [2.45, 2.75) is 38.1 Å². The van der Waals surface area contributed by atoms with Crippen LogP contribution in [0.15, 0.2) is 18.3 Å². The molecule has 0 bridgehead atoms. The highest BCUT2D eigenvalue weighted by molar-refractivity contribution is 6.41. The third-order valence-electron chi connectivity index (χ3n) is 4.45. The van der Waals surface area contributed by atoms with Gasteiger partial charge in [0.25, 0.3) is 0 Å². The molecule has 2 N–H and O–H groups in total. The number of nitrogens with zero attached hydrogens (tertiary/aromatic N) is 2. The lowest BCUT2D eigenvalue weighted by atomic mass is 9.79. The molecule has 0 fully saturated rings. The van der Waals surface area contributed by atoms with Crippen molar-refractivity contribution in [1.82, 2.24) is 15.3 Å². The van der Waals surface area contributed by atoms with Gasteiger partial charge in [-0.1, -0.05) is 30.1 Å². The van der Waals surface area contributed by atoms with Crippen LogP contribution in [-0.2, 0) is 6.42 Å². The molecule has 0 saturated carbocycles. The molecule has 0 spiro atoms. The zero-order valence-corrected chi connectivity index (χ0v) is 15.3. The van der Waals surface area contributed by atoms with Gasteiger partial charge in [0.15, 0.2) is 11.6 Å². The van der Waals surface area contributed by atoms with Gasteiger partial charge in [0.05, 0.1) is 5.02 Å². The Bertz CT molecular complexity index is 850. The van der Waals surface area contributed by atoms with E-state index < -0.39 is 17.8 Å². The van der Waals surface area contributed by atoms with Gasteiger partial charge < -0.3 is 5.32 Å².